The zero-order valence-electron chi connectivity index (χ0n) is 20.6. The highest BCUT2D eigenvalue weighted by Gasteiger charge is 2.28. The molecule has 10 heteroatoms. The van der Waals surface area contributed by atoms with Crippen molar-refractivity contribution in [2.75, 3.05) is 45.8 Å². The molecule has 0 aromatic rings. The van der Waals surface area contributed by atoms with Crippen LogP contribution in [0.4, 0.5) is 9.59 Å². The number of aliphatic imine (C=N–C) groups is 1. The molecule has 2 rings (SSSR count). The average Bonchev–Trinajstić information content (AvgIpc) is 2.65. The Bertz CT molecular complexity index is 652. The predicted octanol–water partition coefficient (Wildman–Crippen LogP) is 3.51. The van der Waals surface area contributed by atoms with Crippen LogP contribution in [0, 0.1) is 5.92 Å². The molecule has 0 aliphatic carbocycles. The molecule has 0 bridgehead atoms. The third-order valence-electron chi connectivity index (χ3n) is 5.24. The molecule has 2 saturated heterocycles. The number of hydrogen-bond donors (Lipinski definition) is 1. The van der Waals surface area contributed by atoms with E-state index in [9.17, 15) is 9.59 Å². The fourth-order valence-electron chi connectivity index (χ4n) is 3.70. The highest BCUT2D eigenvalue weighted by atomic mass is 127. The Morgan fingerprint density at radius 3 is 1.91 bits per heavy atom. The van der Waals surface area contributed by atoms with E-state index in [0.29, 0.717) is 51.1 Å². The minimum absolute atomic E-state index is 0. The lowest BCUT2D eigenvalue weighted by atomic mass is 9.95. The minimum atomic E-state index is -0.493. The second-order valence-electron chi connectivity index (χ2n) is 10.4. The van der Waals surface area contributed by atoms with E-state index in [2.05, 4.69) is 4.99 Å². The molecule has 2 aliphatic heterocycles. The van der Waals surface area contributed by atoms with Crippen molar-refractivity contribution < 1.29 is 19.1 Å². The van der Waals surface area contributed by atoms with Crippen molar-refractivity contribution in [1.29, 1.82) is 0 Å². The molecule has 0 aromatic carbocycles. The normalized spacial score (nSPS) is 20.5. The van der Waals surface area contributed by atoms with Crippen molar-refractivity contribution in [3.8, 4) is 0 Å². The Balaban J connectivity index is 0.00000512. The summed E-state index contributed by atoms with van der Waals surface area (Å²) in [6.45, 7) is 15.8. The van der Waals surface area contributed by atoms with Crippen LogP contribution in [0.15, 0.2) is 4.99 Å². The topological polar surface area (TPSA) is 101 Å². The minimum Gasteiger partial charge on any atom is -0.444 e. The summed E-state index contributed by atoms with van der Waals surface area (Å²) in [5, 5.41) is 0. The van der Waals surface area contributed by atoms with Gasteiger partial charge in [-0.05, 0) is 66.7 Å². The quantitative estimate of drug-likeness (QED) is 0.318. The first-order valence-corrected chi connectivity index (χ1v) is 11.3. The van der Waals surface area contributed by atoms with Gasteiger partial charge in [-0.3, -0.25) is 4.99 Å². The number of guanidine groups is 1. The molecule has 0 radical (unpaired) electrons. The first kappa shape index (κ1) is 28.6. The Morgan fingerprint density at radius 2 is 1.38 bits per heavy atom. The number of amides is 2. The molecule has 9 nitrogen and oxygen atoms in total. The van der Waals surface area contributed by atoms with E-state index >= 15 is 0 Å². The van der Waals surface area contributed by atoms with Gasteiger partial charge in [0.1, 0.15) is 11.2 Å². The Morgan fingerprint density at radius 1 is 0.875 bits per heavy atom. The van der Waals surface area contributed by atoms with E-state index in [1.807, 2.05) is 51.3 Å². The lowest BCUT2D eigenvalue weighted by Gasteiger charge is -2.36. The van der Waals surface area contributed by atoms with E-state index in [1.54, 1.807) is 4.90 Å². The number of piperazine rings is 1. The first-order valence-electron chi connectivity index (χ1n) is 11.3. The van der Waals surface area contributed by atoms with E-state index in [4.69, 9.17) is 15.2 Å². The standard InChI is InChI=1S/C22H41N5O4.HI/c1-21(2,3)30-19(28)26-14-12-25(13-15-26)18(23)24-10-9-17-8-7-11-27(16-17)20(29)31-22(4,5)6;/h17H,7-16H2,1-6H3,(H2,23,24);1H. The van der Waals surface area contributed by atoms with Gasteiger partial charge in [0.15, 0.2) is 5.96 Å². The number of nitrogens with two attached hydrogens (primary N) is 1. The van der Waals surface area contributed by atoms with Gasteiger partial charge in [-0.25, -0.2) is 9.59 Å². The van der Waals surface area contributed by atoms with E-state index < -0.39 is 11.2 Å². The molecule has 0 spiro atoms. The van der Waals surface area contributed by atoms with Gasteiger partial charge in [0.05, 0.1) is 0 Å². The summed E-state index contributed by atoms with van der Waals surface area (Å²) < 4.78 is 10.9. The van der Waals surface area contributed by atoms with Crippen LogP contribution in [-0.4, -0.2) is 89.9 Å². The number of carbonyl (C=O) groups is 2. The second-order valence-corrected chi connectivity index (χ2v) is 10.4. The largest absolute Gasteiger partial charge is 0.444 e. The lowest BCUT2D eigenvalue weighted by Crippen LogP contribution is -2.53. The summed E-state index contributed by atoms with van der Waals surface area (Å²) in [5.74, 6) is 0.922. The fourth-order valence-corrected chi connectivity index (χ4v) is 3.70. The van der Waals surface area contributed by atoms with Crippen LogP contribution in [0.5, 0.6) is 0 Å². The van der Waals surface area contributed by atoms with Gasteiger partial charge in [0.2, 0.25) is 0 Å². The lowest BCUT2D eigenvalue weighted by molar-refractivity contribution is 0.0161. The summed E-state index contributed by atoms with van der Waals surface area (Å²) in [4.78, 5) is 34.6. The number of ether oxygens (including phenoxy) is 2. The fraction of sp³-hybridized carbons (Fsp3) is 0.864. The van der Waals surface area contributed by atoms with Gasteiger partial charge < -0.3 is 29.9 Å². The molecule has 0 saturated carbocycles. The number of carbonyl (C=O) groups excluding carboxylic acids is 2. The second kappa shape index (κ2) is 12.1. The SMILES string of the molecule is CC(C)(C)OC(=O)N1CCN(C(N)=NCCC2CCCN(C(=O)OC(C)(C)C)C2)CC1.I. The number of likely N-dealkylation sites (tertiary alicyclic amines) is 1. The Hall–Kier alpha value is -1.46. The summed E-state index contributed by atoms with van der Waals surface area (Å²) >= 11 is 0. The summed E-state index contributed by atoms with van der Waals surface area (Å²) in [7, 11) is 0. The summed E-state index contributed by atoms with van der Waals surface area (Å²) in [6, 6.07) is 0. The predicted molar refractivity (Wildman–Crippen MR) is 136 cm³/mol. The van der Waals surface area contributed by atoms with Crippen molar-refractivity contribution in [3.63, 3.8) is 0 Å². The Kier molecular flexibility index (Phi) is 10.8. The van der Waals surface area contributed by atoms with Crippen LogP contribution >= 0.6 is 24.0 Å². The van der Waals surface area contributed by atoms with Gasteiger partial charge in [0.25, 0.3) is 0 Å². The van der Waals surface area contributed by atoms with Crippen LogP contribution in [0.25, 0.3) is 0 Å². The molecular formula is C22H42IN5O4. The number of nitrogens with zero attached hydrogens (tertiary/aromatic N) is 4. The van der Waals surface area contributed by atoms with Crippen molar-refractivity contribution in [2.45, 2.75) is 72.0 Å². The van der Waals surface area contributed by atoms with E-state index in [-0.39, 0.29) is 36.2 Å². The number of piperidine rings is 1. The smallest absolute Gasteiger partial charge is 0.410 e. The summed E-state index contributed by atoms with van der Waals surface area (Å²) in [6.07, 6.45) is 2.44. The Labute approximate surface area is 210 Å². The molecule has 0 aromatic heterocycles. The molecule has 2 N–H and O–H groups in total. The first-order chi connectivity index (χ1) is 14.3. The molecule has 2 amide bonds. The molecule has 186 valence electrons. The molecule has 2 heterocycles. The highest BCUT2D eigenvalue weighted by Crippen LogP contribution is 2.22. The van der Waals surface area contributed by atoms with Crippen LogP contribution < -0.4 is 5.73 Å². The van der Waals surface area contributed by atoms with E-state index in [1.165, 1.54) is 0 Å². The van der Waals surface area contributed by atoms with Crippen LogP contribution in [0.3, 0.4) is 0 Å². The zero-order chi connectivity index (χ0) is 23.2. The van der Waals surface area contributed by atoms with Crippen molar-refractivity contribution in [1.82, 2.24) is 14.7 Å². The van der Waals surface area contributed by atoms with Gasteiger partial charge in [-0.1, -0.05) is 0 Å². The molecule has 2 fully saturated rings. The van der Waals surface area contributed by atoms with Crippen molar-refractivity contribution in [3.05, 3.63) is 0 Å². The zero-order valence-corrected chi connectivity index (χ0v) is 22.9. The van der Waals surface area contributed by atoms with Crippen LogP contribution in [0.1, 0.15) is 60.8 Å². The molecule has 2 aliphatic rings. The third kappa shape index (κ3) is 9.99. The third-order valence-corrected chi connectivity index (χ3v) is 5.24. The monoisotopic (exact) mass is 567 g/mol. The van der Waals surface area contributed by atoms with Gasteiger partial charge in [-0.15, -0.1) is 24.0 Å². The maximum atomic E-state index is 12.3. The van der Waals surface area contributed by atoms with Crippen LogP contribution in [-0.2, 0) is 9.47 Å². The maximum Gasteiger partial charge on any atom is 0.410 e. The molecule has 1 atom stereocenters. The number of rotatable bonds is 3. The van der Waals surface area contributed by atoms with Gasteiger partial charge in [-0.2, -0.15) is 0 Å². The highest BCUT2D eigenvalue weighted by molar-refractivity contribution is 14.0. The van der Waals surface area contributed by atoms with Crippen molar-refractivity contribution >= 4 is 42.1 Å². The van der Waals surface area contributed by atoms with Gasteiger partial charge >= 0.3 is 12.2 Å². The van der Waals surface area contributed by atoms with E-state index in [0.717, 1.165) is 25.8 Å². The van der Waals surface area contributed by atoms with Crippen molar-refractivity contribution in [2.24, 2.45) is 16.6 Å². The average molecular weight is 568 g/mol. The number of hydrogen-bond acceptors (Lipinski definition) is 5. The maximum absolute atomic E-state index is 12.3. The number of halogens is 1. The molecule has 1 unspecified atom stereocenters. The molecular weight excluding hydrogens is 525 g/mol. The van der Waals surface area contributed by atoms with Gasteiger partial charge in [0, 0.05) is 45.8 Å². The summed E-state index contributed by atoms with van der Waals surface area (Å²) in [5.41, 5.74) is 5.22. The molecule has 32 heavy (non-hydrogen) atoms. The van der Waals surface area contributed by atoms with Crippen LogP contribution in [0.2, 0.25) is 0 Å².